The Morgan fingerprint density at radius 3 is 1.84 bits per heavy atom. The molecule has 4 aliphatic heterocycles. The Balaban J connectivity index is 0.000000235. The van der Waals surface area contributed by atoms with Gasteiger partial charge in [0.2, 0.25) is 0 Å². The first-order valence-corrected chi connectivity index (χ1v) is 15.9. The van der Waals surface area contributed by atoms with Gasteiger partial charge in [0.15, 0.2) is 0 Å². The van der Waals surface area contributed by atoms with Crippen molar-refractivity contribution in [2.75, 3.05) is 57.7 Å². The fourth-order valence-corrected chi connectivity index (χ4v) is 8.03. The van der Waals surface area contributed by atoms with Crippen LogP contribution in [0.4, 0.5) is 10.5 Å². The molecule has 4 heterocycles. The largest absolute Gasteiger partial charge is 0.333 e. The lowest BCUT2D eigenvalue weighted by molar-refractivity contribution is 0.109. The predicted octanol–water partition coefficient (Wildman–Crippen LogP) is 1.86. The molecular formula is C27H42N6O3S. The van der Waals surface area contributed by atoms with E-state index in [9.17, 15) is 13.2 Å². The van der Waals surface area contributed by atoms with Crippen LogP contribution in [0.3, 0.4) is 0 Å². The molecule has 2 amide bonds. The van der Waals surface area contributed by atoms with Gasteiger partial charge in [-0.25, -0.2) is 9.52 Å². The van der Waals surface area contributed by atoms with Gasteiger partial charge < -0.3 is 10.6 Å². The molecule has 7 rings (SSSR count). The van der Waals surface area contributed by atoms with Crippen molar-refractivity contribution >= 4 is 21.9 Å². The standard InChI is InChI=1S/C20H28N4O3S.C7H14N2/c25-20(22-28(26,27)24-12-16(13-24)23-9-1-2-10-23)21-19-17-7-3-5-14(17)11-15-6-4-8-18(15)19;1-2-4-9(3-1)7-5-8-6-7/h11,16H,1-10,12-13H2,(H2,21,22,25);7-8H,1-6H2. The van der Waals surface area contributed by atoms with Crippen LogP contribution in [0, 0.1) is 0 Å². The Hall–Kier alpha value is -1.72. The van der Waals surface area contributed by atoms with Crippen molar-refractivity contribution in [3.8, 4) is 0 Å². The first-order chi connectivity index (χ1) is 18.0. The highest BCUT2D eigenvalue weighted by molar-refractivity contribution is 7.87. The molecule has 4 fully saturated rings. The highest BCUT2D eigenvalue weighted by Crippen LogP contribution is 2.38. The average Bonchev–Trinajstić information content (AvgIpc) is 3.58. The molecule has 0 aromatic heterocycles. The summed E-state index contributed by atoms with van der Waals surface area (Å²) in [5.41, 5.74) is 5.90. The fourth-order valence-electron chi connectivity index (χ4n) is 6.88. The number of nitrogens with one attached hydrogen (secondary N) is 3. The van der Waals surface area contributed by atoms with E-state index in [1.807, 2.05) is 0 Å². The SMILES string of the molecule is C1CCN(C2CNC2)C1.O=C(Nc1c2c(cc3c1CCC3)CCC2)NS(=O)(=O)N1CC(N2CCCC2)C1. The summed E-state index contributed by atoms with van der Waals surface area (Å²) in [6.07, 6.45) is 11.4. The van der Waals surface area contributed by atoms with Crippen LogP contribution in [0.1, 0.15) is 60.8 Å². The maximum atomic E-state index is 12.6. The van der Waals surface area contributed by atoms with Gasteiger partial charge in [-0.3, -0.25) is 9.80 Å². The summed E-state index contributed by atoms with van der Waals surface area (Å²) in [7, 11) is -3.79. The molecule has 0 saturated carbocycles. The van der Waals surface area contributed by atoms with Crippen molar-refractivity contribution < 1.29 is 13.2 Å². The number of anilines is 1. The summed E-state index contributed by atoms with van der Waals surface area (Å²) in [6.45, 7) is 8.23. The van der Waals surface area contributed by atoms with Crippen molar-refractivity contribution in [1.82, 2.24) is 24.1 Å². The number of carbonyl (C=O) groups is 1. The van der Waals surface area contributed by atoms with Crippen LogP contribution in [0.15, 0.2) is 6.07 Å². The molecule has 0 atom stereocenters. The predicted molar refractivity (Wildman–Crippen MR) is 145 cm³/mol. The fraction of sp³-hybridized carbons (Fsp3) is 0.741. The normalized spacial score (nSPS) is 24.6. The molecule has 4 saturated heterocycles. The number of fused-ring (bicyclic) bond motifs is 2. The monoisotopic (exact) mass is 530 g/mol. The highest BCUT2D eigenvalue weighted by atomic mass is 32.2. The zero-order chi connectivity index (χ0) is 25.4. The minimum Gasteiger partial charge on any atom is -0.314 e. The highest BCUT2D eigenvalue weighted by Gasteiger charge is 2.40. The lowest BCUT2D eigenvalue weighted by Gasteiger charge is -2.42. The average molecular weight is 531 g/mol. The summed E-state index contributed by atoms with van der Waals surface area (Å²) in [6, 6.07) is 2.84. The third kappa shape index (κ3) is 5.41. The number of rotatable bonds is 5. The Labute approximate surface area is 221 Å². The van der Waals surface area contributed by atoms with Crippen molar-refractivity contribution in [2.45, 2.75) is 76.3 Å². The second kappa shape index (κ2) is 10.8. The molecule has 9 nitrogen and oxygen atoms in total. The van der Waals surface area contributed by atoms with Gasteiger partial charge in [0, 0.05) is 44.0 Å². The van der Waals surface area contributed by atoms with Gasteiger partial charge in [0.05, 0.1) is 0 Å². The molecule has 3 N–H and O–H groups in total. The Bertz CT molecular complexity index is 1070. The van der Waals surface area contributed by atoms with Gasteiger partial charge in [0.1, 0.15) is 0 Å². The van der Waals surface area contributed by atoms with E-state index in [-0.39, 0.29) is 0 Å². The van der Waals surface area contributed by atoms with E-state index in [1.54, 1.807) is 0 Å². The van der Waals surface area contributed by atoms with Crippen molar-refractivity contribution in [3.63, 3.8) is 0 Å². The van der Waals surface area contributed by atoms with E-state index in [2.05, 4.69) is 31.2 Å². The number of hydrogen-bond donors (Lipinski definition) is 3. The molecule has 0 unspecified atom stereocenters. The molecule has 0 radical (unpaired) electrons. The molecule has 0 bridgehead atoms. The van der Waals surface area contributed by atoms with E-state index in [4.69, 9.17) is 0 Å². The minimum atomic E-state index is -3.79. The third-order valence-electron chi connectivity index (χ3n) is 9.18. The number of urea groups is 1. The summed E-state index contributed by atoms with van der Waals surface area (Å²) in [5.74, 6) is 0. The second-order valence-electron chi connectivity index (χ2n) is 11.6. The lowest BCUT2D eigenvalue weighted by Crippen LogP contribution is -2.63. The van der Waals surface area contributed by atoms with Crippen molar-refractivity contribution in [3.05, 3.63) is 28.3 Å². The molecule has 2 aliphatic carbocycles. The van der Waals surface area contributed by atoms with Crippen LogP contribution in [0.25, 0.3) is 0 Å². The lowest BCUT2D eigenvalue weighted by atomic mass is 9.99. The molecule has 0 spiro atoms. The molecule has 1 aromatic rings. The third-order valence-corrected chi connectivity index (χ3v) is 10.6. The summed E-state index contributed by atoms with van der Waals surface area (Å²) in [5, 5.41) is 6.20. The quantitative estimate of drug-likeness (QED) is 0.538. The number of carbonyl (C=O) groups excluding carboxylic acids is 1. The number of amides is 2. The van der Waals surface area contributed by atoms with Crippen LogP contribution in [-0.2, 0) is 35.9 Å². The van der Waals surface area contributed by atoms with Crippen molar-refractivity contribution in [1.29, 1.82) is 0 Å². The smallest absolute Gasteiger partial charge is 0.314 e. The van der Waals surface area contributed by atoms with Crippen LogP contribution >= 0.6 is 0 Å². The van der Waals surface area contributed by atoms with E-state index < -0.39 is 16.2 Å². The zero-order valence-corrected chi connectivity index (χ0v) is 22.8. The second-order valence-corrected chi connectivity index (χ2v) is 13.2. The van der Waals surface area contributed by atoms with Gasteiger partial charge in [-0.15, -0.1) is 0 Å². The summed E-state index contributed by atoms with van der Waals surface area (Å²) in [4.78, 5) is 17.5. The van der Waals surface area contributed by atoms with Crippen molar-refractivity contribution in [2.24, 2.45) is 0 Å². The molecule has 6 aliphatic rings. The number of hydrogen-bond acceptors (Lipinski definition) is 6. The van der Waals surface area contributed by atoms with E-state index in [1.165, 1.54) is 78.4 Å². The molecule has 1 aromatic carbocycles. The first kappa shape index (κ1) is 25.6. The number of nitrogens with zero attached hydrogens (tertiary/aromatic N) is 3. The molecule has 10 heteroatoms. The van der Waals surface area contributed by atoms with Crippen LogP contribution in [0.5, 0.6) is 0 Å². The van der Waals surface area contributed by atoms with Gasteiger partial charge in [0.25, 0.3) is 0 Å². The molecular weight excluding hydrogens is 488 g/mol. The Morgan fingerprint density at radius 1 is 0.784 bits per heavy atom. The van der Waals surface area contributed by atoms with Gasteiger partial charge in [-0.05, 0) is 113 Å². The van der Waals surface area contributed by atoms with Gasteiger partial charge in [-0.1, -0.05) is 6.07 Å². The number of aryl methyl sites for hydroxylation is 2. The molecule has 37 heavy (non-hydrogen) atoms. The van der Waals surface area contributed by atoms with E-state index >= 15 is 0 Å². The number of benzene rings is 1. The zero-order valence-electron chi connectivity index (χ0n) is 21.9. The topological polar surface area (TPSA) is 97.0 Å². The maximum absolute atomic E-state index is 12.6. The number of likely N-dealkylation sites (tertiary alicyclic amines) is 2. The van der Waals surface area contributed by atoms with Gasteiger partial charge >= 0.3 is 16.2 Å². The summed E-state index contributed by atoms with van der Waals surface area (Å²) < 4.78 is 28.8. The van der Waals surface area contributed by atoms with Crippen LogP contribution < -0.4 is 15.4 Å². The maximum Gasteiger partial charge on any atom is 0.333 e. The van der Waals surface area contributed by atoms with Crippen LogP contribution in [-0.4, -0.2) is 93.0 Å². The summed E-state index contributed by atoms with van der Waals surface area (Å²) >= 11 is 0. The Morgan fingerprint density at radius 2 is 1.32 bits per heavy atom. The van der Waals surface area contributed by atoms with Crippen LogP contribution in [0.2, 0.25) is 0 Å². The van der Waals surface area contributed by atoms with E-state index in [0.29, 0.717) is 19.1 Å². The molecule has 204 valence electrons. The Kier molecular flexibility index (Phi) is 7.46. The van der Waals surface area contributed by atoms with Gasteiger partial charge in [-0.2, -0.15) is 12.7 Å². The first-order valence-electron chi connectivity index (χ1n) is 14.4. The minimum absolute atomic E-state index is 0.294. The van der Waals surface area contributed by atoms with E-state index in [0.717, 1.165) is 63.3 Å².